The van der Waals surface area contributed by atoms with E-state index < -0.39 is 0 Å². The third-order valence-corrected chi connectivity index (χ3v) is 6.15. The molecule has 1 aliphatic heterocycles. The van der Waals surface area contributed by atoms with E-state index in [0.717, 1.165) is 10.5 Å². The first kappa shape index (κ1) is 20.3. The Morgan fingerprint density at radius 1 is 0.867 bits per heavy atom. The Kier molecular flexibility index (Phi) is 5.66. The van der Waals surface area contributed by atoms with Gasteiger partial charge in [-0.15, -0.1) is 0 Å². The normalized spacial score (nSPS) is 13.9. The monoisotopic (exact) mass is 435 g/mol. The van der Waals surface area contributed by atoms with Crippen molar-refractivity contribution in [2.45, 2.75) is 11.8 Å². The molecule has 1 heterocycles. The summed E-state index contributed by atoms with van der Waals surface area (Å²) in [5.41, 5.74) is 2.34. The minimum Gasteiger partial charge on any atom is -0.496 e. The highest BCUT2D eigenvalue weighted by Crippen LogP contribution is 2.44. The van der Waals surface area contributed by atoms with Crippen LogP contribution in [-0.2, 0) is 9.59 Å². The molecule has 0 aliphatic carbocycles. The van der Waals surface area contributed by atoms with Crippen LogP contribution < -0.4 is 9.64 Å². The molecular weight excluding hydrogens is 418 g/mol. The highest BCUT2D eigenvalue weighted by Gasteiger charge is 2.41. The number of amides is 2. The molecular formula is C24H18ClNO3S. The van der Waals surface area contributed by atoms with Crippen molar-refractivity contribution in [2.75, 3.05) is 12.0 Å². The van der Waals surface area contributed by atoms with Crippen molar-refractivity contribution in [1.29, 1.82) is 0 Å². The Balaban J connectivity index is 1.88. The number of ether oxygens (including phenoxy) is 1. The minimum absolute atomic E-state index is 0.334. The Morgan fingerprint density at radius 2 is 1.53 bits per heavy atom. The van der Waals surface area contributed by atoms with E-state index in [1.807, 2.05) is 49.4 Å². The smallest absolute Gasteiger partial charge is 0.272 e. The number of carbonyl (C=O) groups excluding carboxylic acids is 2. The number of para-hydroxylation sites is 2. The van der Waals surface area contributed by atoms with Gasteiger partial charge in [0.2, 0.25) is 0 Å². The Morgan fingerprint density at radius 3 is 2.23 bits per heavy atom. The van der Waals surface area contributed by atoms with Gasteiger partial charge in [0, 0.05) is 15.5 Å². The number of rotatable bonds is 5. The van der Waals surface area contributed by atoms with Crippen molar-refractivity contribution in [3.05, 3.63) is 93.9 Å². The first-order valence-electron chi connectivity index (χ1n) is 9.26. The van der Waals surface area contributed by atoms with Crippen LogP contribution in [0.25, 0.3) is 5.57 Å². The molecule has 0 N–H and O–H groups in total. The van der Waals surface area contributed by atoms with Crippen molar-refractivity contribution in [2.24, 2.45) is 0 Å². The number of nitrogens with zero attached hydrogens (tertiary/aromatic N) is 1. The average Bonchev–Trinajstić information content (AvgIpc) is 2.99. The molecule has 0 saturated carbocycles. The van der Waals surface area contributed by atoms with Gasteiger partial charge in [0.25, 0.3) is 11.8 Å². The van der Waals surface area contributed by atoms with Gasteiger partial charge in [-0.3, -0.25) is 9.59 Å². The van der Waals surface area contributed by atoms with Crippen LogP contribution >= 0.6 is 23.4 Å². The topological polar surface area (TPSA) is 46.6 Å². The molecule has 4 nitrogen and oxygen atoms in total. The first-order valence-corrected chi connectivity index (χ1v) is 10.5. The second-order valence-corrected chi connectivity index (χ2v) is 8.21. The number of benzene rings is 3. The molecule has 2 amide bonds. The molecule has 0 saturated heterocycles. The van der Waals surface area contributed by atoms with E-state index in [1.165, 1.54) is 16.7 Å². The zero-order valence-electron chi connectivity index (χ0n) is 16.4. The minimum atomic E-state index is -0.365. The largest absolute Gasteiger partial charge is 0.496 e. The fraction of sp³-hybridized carbons (Fsp3) is 0.0833. The molecule has 3 aromatic carbocycles. The molecule has 3 aromatic rings. The summed E-state index contributed by atoms with van der Waals surface area (Å²) >= 11 is 7.25. The fourth-order valence-corrected chi connectivity index (χ4v) is 4.46. The van der Waals surface area contributed by atoms with E-state index in [1.54, 1.807) is 37.4 Å². The molecule has 0 unspecified atom stereocenters. The average molecular weight is 436 g/mol. The number of methoxy groups -OCH3 is 1. The zero-order valence-corrected chi connectivity index (χ0v) is 18.0. The molecule has 6 heteroatoms. The van der Waals surface area contributed by atoms with Crippen LogP contribution in [-0.4, -0.2) is 18.9 Å². The molecule has 150 valence electrons. The summed E-state index contributed by atoms with van der Waals surface area (Å²) in [6.07, 6.45) is 0. The van der Waals surface area contributed by atoms with E-state index in [-0.39, 0.29) is 11.8 Å². The van der Waals surface area contributed by atoms with Gasteiger partial charge in [-0.1, -0.05) is 59.8 Å². The molecule has 4 rings (SSSR count). The van der Waals surface area contributed by atoms with Crippen LogP contribution in [0, 0.1) is 6.92 Å². The summed E-state index contributed by atoms with van der Waals surface area (Å²) in [7, 11) is 1.55. The number of hydrogen-bond acceptors (Lipinski definition) is 4. The van der Waals surface area contributed by atoms with Gasteiger partial charge in [0.05, 0.1) is 23.3 Å². The molecule has 0 spiro atoms. The van der Waals surface area contributed by atoms with Crippen molar-refractivity contribution in [3.63, 3.8) is 0 Å². The molecule has 0 bridgehead atoms. The van der Waals surface area contributed by atoms with E-state index in [9.17, 15) is 9.59 Å². The molecule has 1 aliphatic rings. The standard InChI is InChI=1S/C24H18ClNO3S/c1-15-7-3-5-9-19(15)26-23(27)21(18-8-4-6-10-20(18)29-2)22(24(26)28)30-17-13-11-16(25)12-14-17/h3-14H,1-2H3. The van der Waals surface area contributed by atoms with Gasteiger partial charge in [-0.2, -0.15) is 0 Å². The summed E-state index contributed by atoms with van der Waals surface area (Å²) in [6, 6.07) is 21.7. The van der Waals surface area contributed by atoms with E-state index in [4.69, 9.17) is 16.3 Å². The van der Waals surface area contributed by atoms with Gasteiger partial charge in [-0.05, 0) is 48.9 Å². The van der Waals surface area contributed by atoms with Crippen molar-refractivity contribution >= 4 is 46.4 Å². The fourth-order valence-electron chi connectivity index (χ4n) is 3.35. The molecule has 0 aromatic heterocycles. The van der Waals surface area contributed by atoms with Crippen LogP contribution in [0.3, 0.4) is 0 Å². The SMILES string of the molecule is COc1ccccc1C1=C(Sc2ccc(Cl)cc2)C(=O)N(c2ccccc2C)C1=O. The Labute approximate surface area is 184 Å². The van der Waals surface area contributed by atoms with Crippen LogP contribution in [0.1, 0.15) is 11.1 Å². The van der Waals surface area contributed by atoms with Crippen molar-refractivity contribution in [1.82, 2.24) is 0 Å². The molecule has 0 atom stereocenters. The molecule has 0 fully saturated rings. The van der Waals surface area contributed by atoms with Gasteiger partial charge in [-0.25, -0.2) is 4.90 Å². The Hall–Kier alpha value is -3.02. The number of halogens is 1. The number of aryl methyl sites for hydroxylation is 1. The number of anilines is 1. The summed E-state index contributed by atoms with van der Waals surface area (Å²) < 4.78 is 5.48. The maximum absolute atomic E-state index is 13.5. The van der Waals surface area contributed by atoms with Crippen molar-refractivity contribution < 1.29 is 14.3 Å². The van der Waals surface area contributed by atoms with Gasteiger partial charge in [0.1, 0.15) is 5.75 Å². The van der Waals surface area contributed by atoms with E-state index in [2.05, 4.69) is 0 Å². The van der Waals surface area contributed by atoms with Crippen LogP contribution in [0.4, 0.5) is 5.69 Å². The number of imide groups is 1. The number of thioether (sulfide) groups is 1. The van der Waals surface area contributed by atoms with Crippen LogP contribution in [0.2, 0.25) is 5.02 Å². The molecule has 30 heavy (non-hydrogen) atoms. The van der Waals surface area contributed by atoms with Gasteiger partial charge in [0.15, 0.2) is 0 Å². The maximum Gasteiger partial charge on any atom is 0.272 e. The van der Waals surface area contributed by atoms with Gasteiger partial charge < -0.3 is 4.74 Å². The molecule has 0 radical (unpaired) electrons. The third kappa shape index (κ3) is 3.62. The zero-order chi connectivity index (χ0) is 21.3. The highest BCUT2D eigenvalue weighted by atomic mass is 35.5. The number of carbonyl (C=O) groups is 2. The quantitative estimate of drug-likeness (QED) is 0.480. The first-order chi connectivity index (χ1) is 14.5. The van der Waals surface area contributed by atoms with E-state index in [0.29, 0.717) is 32.5 Å². The Bertz CT molecular complexity index is 1170. The lowest BCUT2D eigenvalue weighted by molar-refractivity contribution is -0.119. The summed E-state index contributed by atoms with van der Waals surface area (Å²) in [6.45, 7) is 1.88. The second kappa shape index (κ2) is 8.38. The second-order valence-electron chi connectivity index (χ2n) is 6.69. The number of hydrogen-bond donors (Lipinski definition) is 0. The maximum atomic E-state index is 13.5. The highest BCUT2D eigenvalue weighted by molar-refractivity contribution is 8.04. The summed E-state index contributed by atoms with van der Waals surface area (Å²) in [4.78, 5) is 29.4. The predicted octanol–water partition coefficient (Wildman–Crippen LogP) is 5.73. The lowest BCUT2D eigenvalue weighted by Gasteiger charge is -2.17. The van der Waals surface area contributed by atoms with Crippen molar-refractivity contribution in [3.8, 4) is 5.75 Å². The van der Waals surface area contributed by atoms with Crippen LogP contribution in [0.5, 0.6) is 5.75 Å². The lowest BCUT2D eigenvalue weighted by Crippen LogP contribution is -2.31. The predicted molar refractivity (Wildman–Crippen MR) is 121 cm³/mol. The van der Waals surface area contributed by atoms with Crippen LogP contribution in [0.15, 0.2) is 82.6 Å². The third-order valence-electron chi connectivity index (χ3n) is 4.81. The summed E-state index contributed by atoms with van der Waals surface area (Å²) in [5.74, 6) is -0.181. The van der Waals surface area contributed by atoms with E-state index >= 15 is 0 Å². The van der Waals surface area contributed by atoms with Gasteiger partial charge >= 0.3 is 0 Å². The lowest BCUT2D eigenvalue weighted by atomic mass is 10.0. The summed E-state index contributed by atoms with van der Waals surface area (Å²) in [5, 5.41) is 0.605.